The number of carbonyl (C=O) groups is 3. The van der Waals surface area contributed by atoms with Gasteiger partial charge in [0.15, 0.2) is 0 Å². The van der Waals surface area contributed by atoms with Crippen molar-refractivity contribution in [1.82, 2.24) is 19.6 Å². The van der Waals surface area contributed by atoms with Gasteiger partial charge in [0.1, 0.15) is 5.65 Å². The van der Waals surface area contributed by atoms with Gasteiger partial charge in [-0.15, -0.1) is 0 Å². The second kappa shape index (κ2) is 12.3. The zero-order valence-electron chi connectivity index (χ0n) is 20.8. The van der Waals surface area contributed by atoms with Crippen molar-refractivity contribution in [1.29, 1.82) is 0 Å². The third-order valence-corrected chi connectivity index (χ3v) is 6.37. The van der Waals surface area contributed by atoms with E-state index >= 15 is 0 Å². The highest BCUT2D eigenvalue weighted by atomic mass is 16.4. The first kappa shape index (κ1) is 26.9. The Kier molecular flexibility index (Phi) is 9.19. The molecule has 0 bridgehead atoms. The molecule has 9 nitrogen and oxygen atoms in total. The van der Waals surface area contributed by atoms with E-state index in [0.29, 0.717) is 0 Å². The van der Waals surface area contributed by atoms with Crippen molar-refractivity contribution < 1.29 is 24.6 Å². The van der Waals surface area contributed by atoms with Gasteiger partial charge in [0.05, 0.1) is 5.69 Å². The number of aliphatic carboxylic acids is 2. The van der Waals surface area contributed by atoms with Gasteiger partial charge in [0, 0.05) is 50.3 Å². The standard InChI is InChI=1S/C23H26N4O.2C2H4O2/c28-22(26-13-4-5-14-26)18-8-15-27-17-20(25-21(27)16-18)23(9-11-24-12-10-23)19-6-2-1-3-7-19;2*1-2(3)4/h1-3,6-8,15-17,24H,4-5,9-14H2;2*1H3,(H,3,4). The highest BCUT2D eigenvalue weighted by molar-refractivity contribution is 5.95. The monoisotopic (exact) mass is 494 g/mol. The van der Waals surface area contributed by atoms with Gasteiger partial charge in [0.25, 0.3) is 17.8 Å². The summed E-state index contributed by atoms with van der Waals surface area (Å²) in [5, 5.41) is 18.3. The van der Waals surface area contributed by atoms with E-state index in [2.05, 4.69) is 46.2 Å². The molecular weight excluding hydrogens is 460 g/mol. The molecule has 0 spiro atoms. The Balaban J connectivity index is 0.000000398. The van der Waals surface area contributed by atoms with E-state index in [4.69, 9.17) is 24.8 Å². The first-order valence-electron chi connectivity index (χ1n) is 12.2. The lowest BCUT2D eigenvalue weighted by molar-refractivity contribution is -0.135. The van der Waals surface area contributed by atoms with E-state index in [1.807, 2.05) is 23.2 Å². The summed E-state index contributed by atoms with van der Waals surface area (Å²) in [5.41, 5.74) is 3.95. The molecule has 0 unspecified atom stereocenters. The lowest BCUT2D eigenvalue weighted by Crippen LogP contribution is -2.41. The largest absolute Gasteiger partial charge is 0.481 e. The zero-order valence-corrected chi connectivity index (χ0v) is 20.8. The van der Waals surface area contributed by atoms with Crippen LogP contribution in [0.2, 0.25) is 0 Å². The van der Waals surface area contributed by atoms with E-state index < -0.39 is 11.9 Å². The van der Waals surface area contributed by atoms with Crippen LogP contribution < -0.4 is 5.32 Å². The molecule has 2 aliphatic heterocycles. The molecule has 0 saturated carbocycles. The number of likely N-dealkylation sites (tertiary alicyclic amines) is 1. The fourth-order valence-corrected chi connectivity index (χ4v) is 4.75. The molecule has 0 aliphatic carbocycles. The molecule has 5 rings (SSSR count). The van der Waals surface area contributed by atoms with Crippen molar-refractivity contribution in [3.8, 4) is 0 Å². The maximum absolute atomic E-state index is 12.8. The van der Waals surface area contributed by atoms with Gasteiger partial charge in [-0.2, -0.15) is 0 Å². The topological polar surface area (TPSA) is 124 Å². The summed E-state index contributed by atoms with van der Waals surface area (Å²) in [6.45, 7) is 5.88. The van der Waals surface area contributed by atoms with Gasteiger partial charge >= 0.3 is 0 Å². The minimum atomic E-state index is -0.833. The summed E-state index contributed by atoms with van der Waals surface area (Å²) in [7, 11) is 0. The minimum absolute atomic E-state index is 0.0718. The van der Waals surface area contributed by atoms with Crippen LogP contribution in [0.15, 0.2) is 54.9 Å². The van der Waals surface area contributed by atoms with Gasteiger partial charge < -0.3 is 24.8 Å². The number of amides is 1. The van der Waals surface area contributed by atoms with Crippen LogP contribution in [0.5, 0.6) is 0 Å². The van der Waals surface area contributed by atoms with Crippen molar-refractivity contribution in [2.45, 2.75) is 44.9 Å². The van der Waals surface area contributed by atoms with Crippen LogP contribution in [0.1, 0.15) is 61.1 Å². The molecule has 2 aromatic heterocycles. The number of carboxylic acids is 2. The fourth-order valence-electron chi connectivity index (χ4n) is 4.75. The van der Waals surface area contributed by atoms with Crippen molar-refractivity contribution in [2.75, 3.05) is 26.2 Å². The number of carbonyl (C=O) groups excluding carboxylic acids is 1. The number of hydrogen-bond acceptors (Lipinski definition) is 5. The summed E-state index contributed by atoms with van der Waals surface area (Å²) in [6, 6.07) is 14.6. The molecule has 2 aliphatic rings. The number of pyridine rings is 1. The van der Waals surface area contributed by atoms with E-state index in [1.54, 1.807) is 0 Å². The Morgan fingerprint density at radius 2 is 1.53 bits per heavy atom. The Hall–Kier alpha value is -3.72. The maximum atomic E-state index is 12.8. The van der Waals surface area contributed by atoms with E-state index in [0.717, 1.165) is 82.6 Å². The third-order valence-electron chi connectivity index (χ3n) is 6.37. The van der Waals surface area contributed by atoms with Crippen LogP contribution >= 0.6 is 0 Å². The summed E-state index contributed by atoms with van der Waals surface area (Å²) >= 11 is 0. The first-order valence-corrected chi connectivity index (χ1v) is 12.2. The predicted molar refractivity (Wildman–Crippen MR) is 136 cm³/mol. The smallest absolute Gasteiger partial charge is 0.300 e. The van der Waals surface area contributed by atoms with Gasteiger partial charge in [-0.25, -0.2) is 4.98 Å². The Labute approximate surface area is 210 Å². The normalized spacial score (nSPS) is 16.3. The molecule has 3 aromatic rings. The number of benzene rings is 1. The molecule has 4 heterocycles. The second-order valence-corrected chi connectivity index (χ2v) is 9.04. The SMILES string of the molecule is CC(=O)O.CC(=O)O.O=C(c1ccn2cc(C3(c4ccccc4)CCNCC3)nc2c1)N1CCCC1. The fraction of sp³-hybridized carbons (Fsp3) is 0.407. The average Bonchev–Trinajstić information content (AvgIpc) is 3.54. The molecule has 192 valence electrons. The number of imidazole rings is 1. The Bertz CT molecular complexity index is 1160. The molecule has 2 fully saturated rings. The Morgan fingerprint density at radius 1 is 0.944 bits per heavy atom. The number of nitrogens with one attached hydrogen (secondary N) is 1. The van der Waals surface area contributed by atoms with Crippen LogP contribution in [-0.2, 0) is 15.0 Å². The number of hydrogen-bond donors (Lipinski definition) is 3. The van der Waals surface area contributed by atoms with Crippen molar-refractivity contribution in [3.05, 3.63) is 71.7 Å². The molecule has 1 amide bonds. The number of carboxylic acid groups (broad SMARTS) is 2. The molecule has 0 radical (unpaired) electrons. The lowest BCUT2D eigenvalue weighted by Gasteiger charge is -2.37. The van der Waals surface area contributed by atoms with Gasteiger partial charge in [-0.05, 0) is 56.5 Å². The maximum Gasteiger partial charge on any atom is 0.300 e. The van der Waals surface area contributed by atoms with Crippen molar-refractivity contribution in [3.63, 3.8) is 0 Å². The third kappa shape index (κ3) is 6.69. The second-order valence-electron chi connectivity index (χ2n) is 9.04. The molecule has 9 heteroatoms. The van der Waals surface area contributed by atoms with Crippen LogP contribution in [-0.4, -0.2) is 68.5 Å². The Morgan fingerprint density at radius 3 is 2.11 bits per heavy atom. The average molecular weight is 495 g/mol. The number of rotatable bonds is 3. The van der Waals surface area contributed by atoms with E-state index in [9.17, 15) is 4.79 Å². The van der Waals surface area contributed by atoms with Gasteiger partial charge in [0.2, 0.25) is 0 Å². The van der Waals surface area contributed by atoms with E-state index in [1.165, 1.54) is 5.56 Å². The van der Waals surface area contributed by atoms with Crippen LogP contribution in [0.3, 0.4) is 0 Å². The minimum Gasteiger partial charge on any atom is -0.481 e. The predicted octanol–water partition coefficient (Wildman–Crippen LogP) is 3.42. The molecule has 3 N–H and O–H groups in total. The van der Waals surface area contributed by atoms with Crippen LogP contribution in [0, 0.1) is 0 Å². The molecule has 0 atom stereocenters. The molecule has 36 heavy (non-hydrogen) atoms. The van der Waals surface area contributed by atoms with E-state index in [-0.39, 0.29) is 11.3 Å². The van der Waals surface area contributed by atoms with Crippen molar-refractivity contribution in [2.24, 2.45) is 0 Å². The summed E-state index contributed by atoms with van der Waals surface area (Å²) in [5.74, 6) is -1.54. The number of nitrogens with zero attached hydrogens (tertiary/aromatic N) is 3. The quantitative estimate of drug-likeness (QED) is 0.510. The summed E-state index contributed by atoms with van der Waals surface area (Å²) in [4.78, 5) is 37.7. The summed E-state index contributed by atoms with van der Waals surface area (Å²) in [6.07, 6.45) is 8.40. The van der Waals surface area contributed by atoms with Gasteiger partial charge in [-0.1, -0.05) is 30.3 Å². The lowest BCUT2D eigenvalue weighted by atomic mass is 9.71. The highest BCUT2D eigenvalue weighted by Gasteiger charge is 2.38. The van der Waals surface area contributed by atoms with Gasteiger partial charge in [-0.3, -0.25) is 14.4 Å². The first-order chi connectivity index (χ1) is 17.2. The number of piperidine rings is 1. The van der Waals surface area contributed by atoms with Crippen LogP contribution in [0.25, 0.3) is 5.65 Å². The summed E-state index contributed by atoms with van der Waals surface area (Å²) < 4.78 is 2.06. The highest BCUT2D eigenvalue weighted by Crippen LogP contribution is 2.39. The van der Waals surface area contributed by atoms with Crippen molar-refractivity contribution >= 4 is 23.5 Å². The van der Waals surface area contributed by atoms with Crippen LogP contribution in [0.4, 0.5) is 0 Å². The zero-order chi connectivity index (χ0) is 26.1. The number of aromatic nitrogens is 2. The molecule has 2 saturated heterocycles. The number of fused-ring (bicyclic) bond motifs is 1. The molecular formula is C27H34N4O5. The molecule has 1 aromatic carbocycles.